The summed E-state index contributed by atoms with van der Waals surface area (Å²) in [6, 6.07) is 18.6. The lowest BCUT2D eigenvalue weighted by Gasteiger charge is -2.35. The summed E-state index contributed by atoms with van der Waals surface area (Å²) < 4.78 is 7.81. The molecule has 0 N–H and O–H groups in total. The summed E-state index contributed by atoms with van der Waals surface area (Å²) in [7, 11) is 1.73. The second kappa shape index (κ2) is 7.52. The quantitative estimate of drug-likeness (QED) is 0.401. The summed E-state index contributed by atoms with van der Waals surface area (Å²) in [4.78, 5) is 5.24. The van der Waals surface area contributed by atoms with Crippen molar-refractivity contribution >= 4 is 5.65 Å². The molecule has 0 aliphatic heterocycles. The van der Waals surface area contributed by atoms with Crippen LogP contribution in [-0.4, -0.2) is 21.7 Å². The molecular formula is C27H29N3O. The van der Waals surface area contributed by atoms with Gasteiger partial charge in [-0.2, -0.15) is 5.10 Å². The maximum atomic E-state index is 5.73. The lowest BCUT2D eigenvalue weighted by molar-refractivity contribution is 0.214. The third-order valence-corrected chi connectivity index (χ3v) is 6.70. The molecule has 158 valence electrons. The van der Waals surface area contributed by atoms with E-state index in [1.54, 1.807) is 7.11 Å². The Morgan fingerprint density at radius 2 is 1.71 bits per heavy atom. The van der Waals surface area contributed by atoms with Crippen LogP contribution in [0.3, 0.4) is 0 Å². The number of nitrogens with zero attached hydrogens (tertiary/aromatic N) is 3. The number of rotatable bonds is 3. The van der Waals surface area contributed by atoms with E-state index in [1.807, 2.05) is 24.4 Å². The minimum atomic E-state index is 0.254. The smallest absolute Gasteiger partial charge is 0.163 e. The summed E-state index contributed by atoms with van der Waals surface area (Å²) in [5, 5.41) is 4.80. The van der Waals surface area contributed by atoms with Gasteiger partial charge >= 0.3 is 0 Å². The molecule has 0 amide bonds. The molecule has 2 aromatic carbocycles. The first-order valence-corrected chi connectivity index (χ1v) is 11.1. The van der Waals surface area contributed by atoms with Gasteiger partial charge in [-0.15, -0.1) is 0 Å². The second-order valence-electron chi connectivity index (χ2n) is 9.55. The van der Waals surface area contributed by atoms with Crippen molar-refractivity contribution < 1.29 is 4.74 Å². The van der Waals surface area contributed by atoms with E-state index in [4.69, 9.17) is 14.8 Å². The highest BCUT2D eigenvalue weighted by molar-refractivity contribution is 5.81. The Hall–Kier alpha value is -3.14. The number of benzene rings is 2. The summed E-state index contributed by atoms with van der Waals surface area (Å²) in [5.74, 6) is 1.47. The third kappa shape index (κ3) is 3.40. The molecule has 1 aliphatic carbocycles. The van der Waals surface area contributed by atoms with Gasteiger partial charge in [0, 0.05) is 22.4 Å². The molecule has 0 saturated heterocycles. The van der Waals surface area contributed by atoms with Crippen LogP contribution >= 0.6 is 0 Å². The molecule has 4 heteroatoms. The summed E-state index contributed by atoms with van der Waals surface area (Å²) >= 11 is 0. The lowest BCUT2D eigenvalue weighted by atomic mass is 9.71. The number of aromatic nitrogens is 3. The normalized spacial score (nSPS) is 16.3. The van der Waals surface area contributed by atoms with Gasteiger partial charge in [-0.1, -0.05) is 63.2 Å². The van der Waals surface area contributed by atoms with Gasteiger partial charge in [0.2, 0.25) is 0 Å². The Labute approximate surface area is 183 Å². The molecule has 4 aromatic rings. The van der Waals surface area contributed by atoms with E-state index in [1.165, 1.54) is 17.7 Å². The van der Waals surface area contributed by atoms with E-state index in [-0.39, 0.29) is 5.41 Å². The molecule has 4 nitrogen and oxygen atoms in total. The molecule has 5 rings (SSSR count). The molecule has 0 saturated carbocycles. The van der Waals surface area contributed by atoms with Crippen molar-refractivity contribution in [3.8, 4) is 28.1 Å². The lowest BCUT2D eigenvalue weighted by Crippen LogP contribution is -2.29. The number of aryl methyl sites for hydroxylation is 1. The number of methoxy groups -OCH3 is 1. The van der Waals surface area contributed by atoms with E-state index < -0.39 is 0 Å². The Balaban J connectivity index is 1.79. The van der Waals surface area contributed by atoms with Gasteiger partial charge in [0.25, 0.3) is 0 Å². The fraction of sp³-hybridized carbons (Fsp3) is 0.333. The molecule has 31 heavy (non-hydrogen) atoms. The van der Waals surface area contributed by atoms with Crippen LogP contribution in [0.5, 0.6) is 5.75 Å². The first-order chi connectivity index (χ1) is 15.0. The molecule has 0 radical (unpaired) electrons. The van der Waals surface area contributed by atoms with E-state index in [0.29, 0.717) is 5.92 Å². The van der Waals surface area contributed by atoms with Crippen LogP contribution in [0.2, 0.25) is 0 Å². The predicted molar refractivity (Wildman–Crippen MR) is 125 cm³/mol. The number of hydrogen-bond donors (Lipinski definition) is 0. The highest BCUT2D eigenvalue weighted by Crippen LogP contribution is 2.42. The molecule has 2 aromatic heterocycles. The number of ether oxygens (including phenoxy) is 1. The van der Waals surface area contributed by atoms with E-state index in [9.17, 15) is 0 Å². The van der Waals surface area contributed by atoms with Crippen LogP contribution in [-0.2, 0) is 12.8 Å². The van der Waals surface area contributed by atoms with Gasteiger partial charge in [0.1, 0.15) is 5.75 Å². The van der Waals surface area contributed by atoms with Crippen molar-refractivity contribution in [2.24, 2.45) is 11.3 Å². The van der Waals surface area contributed by atoms with Crippen molar-refractivity contribution in [2.75, 3.05) is 7.11 Å². The van der Waals surface area contributed by atoms with Crippen molar-refractivity contribution in [3.63, 3.8) is 0 Å². The molecule has 0 spiro atoms. The van der Waals surface area contributed by atoms with Crippen LogP contribution in [0.25, 0.3) is 28.0 Å². The Kier molecular flexibility index (Phi) is 4.81. The van der Waals surface area contributed by atoms with Crippen molar-refractivity contribution in [3.05, 3.63) is 72.1 Å². The third-order valence-electron chi connectivity index (χ3n) is 6.70. The zero-order valence-electron chi connectivity index (χ0n) is 18.7. The summed E-state index contributed by atoms with van der Waals surface area (Å²) in [6.07, 6.45) is 5.14. The summed E-state index contributed by atoms with van der Waals surface area (Å²) in [5.41, 5.74) is 8.06. The first-order valence-electron chi connectivity index (χ1n) is 11.1. The molecule has 1 atom stereocenters. The highest BCUT2D eigenvalue weighted by Gasteiger charge is 2.33. The van der Waals surface area contributed by atoms with E-state index >= 15 is 0 Å². The zero-order chi connectivity index (χ0) is 21.6. The Morgan fingerprint density at radius 3 is 2.45 bits per heavy atom. The predicted octanol–water partition coefficient (Wildman–Crippen LogP) is 6.22. The largest absolute Gasteiger partial charge is 0.496 e. The maximum absolute atomic E-state index is 5.73. The van der Waals surface area contributed by atoms with E-state index in [0.717, 1.165) is 46.6 Å². The SMILES string of the molecule is COc1ccccc1-c1nc2c(-c3ccccc3)cnn2c2c1C[C@@H](C(C)(C)C)CC2. The maximum Gasteiger partial charge on any atom is 0.163 e. The van der Waals surface area contributed by atoms with Crippen molar-refractivity contribution in [2.45, 2.75) is 40.0 Å². The van der Waals surface area contributed by atoms with Crippen LogP contribution in [0, 0.1) is 11.3 Å². The average Bonchev–Trinajstić information content (AvgIpc) is 3.22. The molecular weight excluding hydrogens is 382 g/mol. The number of hydrogen-bond acceptors (Lipinski definition) is 3. The fourth-order valence-corrected chi connectivity index (χ4v) is 4.84. The number of para-hydroxylation sites is 1. The van der Waals surface area contributed by atoms with Gasteiger partial charge in [-0.05, 0) is 48.3 Å². The first kappa shape index (κ1) is 19.8. The molecule has 2 heterocycles. The minimum absolute atomic E-state index is 0.254. The molecule has 1 aliphatic rings. The Bertz CT molecular complexity index is 1230. The minimum Gasteiger partial charge on any atom is -0.496 e. The van der Waals surface area contributed by atoms with Crippen molar-refractivity contribution in [1.29, 1.82) is 0 Å². The molecule has 0 fully saturated rings. The summed E-state index contributed by atoms with van der Waals surface area (Å²) in [6.45, 7) is 7.04. The van der Waals surface area contributed by atoms with Crippen molar-refractivity contribution in [1.82, 2.24) is 14.6 Å². The highest BCUT2D eigenvalue weighted by atomic mass is 16.5. The van der Waals surface area contributed by atoms with Crippen LogP contribution < -0.4 is 4.74 Å². The van der Waals surface area contributed by atoms with E-state index in [2.05, 4.69) is 61.7 Å². The van der Waals surface area contributed by atoms with Crippen LogP contribution in [0.1, 0.15) is 38.4 Å². The second-order valence-corrected chi connectivity index (χ2v) is 9.55. The average molecular weight is 412 g/mol. The van der Waals surface area contributed by atoms with Gasteiger partial charge in [-0.25, -0.2) is 9.50 Å². The standard InChI is InChI=1S/C27H29N3O/c1-27(2,3)19-14-15-23-21(16-19)25(20-12-8-9-13-24(20)31-4)29-26-22(17-28-30(23)26)18-10-6-5-7-11-18/h5-13,17,19H,14-16H2,1-4H3/t19-/m0/s1. The van der Waals surface area contributed by atoms with Crippen LogP contribution in [0.15, 0.2) is 60.8 Å². The monoisotopic (exact) mass is 411 g/mol. The number of fused-ring (bicyclic) bond motifs is 3. The van der Waals surface area contributed by atoms with Gasteiger partial charge < -0.3 is 4.74 Å². The van der Waals surface area contributed by atoms with Gasteiger partial charge in [-0.3, -0.25) is 0 Å². The molecule has 0 bridgehead atoms. The topological polar surface area (TPSA) is 39.4 Å². The van der Waals surface area contributed by atoms with Gasteiger partial charge in [0.05, 0.1) is 19.0 Å². The fourth-order valence-electron chi connectivity index (χ4n) is 4.84. The van der Waals surface area contributed by atoms with Crippen LogP contribution in [0.4, 0.5) is 0 Å². The zero-order valence-corrected chi connectivity index (χ0v) is 18.7. The molecule has 0 unspecified atom stereocenters. The van der Waals surface area contributed by atoms with Gasteiger partial charge in [0.15, 0.2) is 5.65 Å². The Morgan fingerprint density at radius 1 is 0.968 bits per heavy atom.